The van der Waals surface area contributed by atoms with Crippen molar-refractivity contribution in [1.82, 2.24) is 15.2 Å². The maximum atomic E-state index is 14.2. The number of aromatic nitrogens is 1. The summed E-state index contributed by atoms with van der Waals surface area (Å²) in [5.74, 6) is 1.26. The van der Waals surface area contributed by atoms with Gasteiger partial charge in [0.25, 0.3) is 0 Å². The first-order valence-electron chi connectivity index (χ1n) is 21.9. The Morgan fingerprint density at radius 2 is 1.73 bits per heavy atom. The molecule has 5 aliphatic rings. The molecule has 9 heteroatoms. The maximum Gasteiger partial charge on any atom is 0.309 e. The zero-order valence-corrected chi connectivity index (χ0v) is 36.2. The van der Waals surface area contributed by atoms with Crippen molar-refractivity contribution in [3.05, 3.63) is 41.2 Å². The highest BCUT2D eigenvalue weighted by molar-refractivity contribution is 6.00. The Morgan fingerprint density at radius 1 is 0.982 bits per heavy atom. The predicted molar refractivity (Wildman–Crippen MR) is 220 cm³/mol. The van der Waals surface area contributed by atoms with Gasteiger partial charge in [0.15, 0.2) is 5.78 Å². The Kier molecular flexibility index (Phi) is 12.7. The number of esters is 1. The third-order valence-corrected chi connectivity index (χ3v) is 16.2. The van der Waals surface area contributed by atoms with Crippen LogP contribution in [0.15, 0.2) is 35.5 Å². The molecule has 1 heterocycles. The number of carboxylic acid groups (broad SMARTS) is 1. The van der Waals surface area contributed by atoms with E-state index in [-0.39, 0.29) is 40.1 Å². The van der Waals surface area contributed by atoms with E-state index in [0.717, 1.165) is 88.9 Å². The number of methoxy groups -OCH3 is 1. The molecular weight excluding hydrogens is 703 g/mol. The van der Waals surface area contributed by atoms with Gasteiger partial charge >= 0.3 is 11.9 Å². The number of allylic oxidation sites excluding steroid dienone is 2. The van der Waals surface area contributed by atoms with E-state index in [0.29, 0.717) is 42.5 Å². The van der Waals surface area contributed by atoms with Crippen LogP contribution in [0.1, 0.15) is 132 Å². The molecule has 2 N–H and O–H groups in total. The summed E-state index contributed by atoms with van der Waals surface area (Å²) in [6.07, 6.45) is 11.9. The fourth-order valence-corrected chi connectivity index (χ4v) is 13.5. The van der Waals surface area contributed by atoms with Gasteiger partial charge in [-0.1, -0.05) is 53.2 Å². The van der Waals surface area contributed by atoms with E-state index in [1.807, 2.05) is 12.3 Å². The summed E-state index contributed by atoms with van der Waals surface area (Å²) in [5.41, 5.74) is 2.69. The van der Waals surface area contributed by atoms with Crippen LogP contribution < -0.4 is 5.32 Å². The second-order valence-corrected chi connectivity index (χ2v) is 20.6. The van der Waals surface area contributed by atoms with Crippen LogP contribution in [0.2, 0.25) is 0 Å². The minimum absolute atomic E-state index is 0.0624. The molecule has 0 bridgehead atoms. The third kappa shape index (κ3) is 8.04. The fourth-order valence-electron chi connectivity index (χ4n) is 13.5. The van der Waals surface area contributed by atoms with Crippen LogP contribution in [0.4, 0.5) is 0 Å². The Morgan fingerprint density at radius 3 is 2.41 bits per heavy atom. The number of Topliss-reactive ketones (excluding diaryl/α,β-unsaturated/α-hetero) is 1. The number of nitrogens with one attached hydrogen (secondary N) is 1. The molecule has 8 unspecified atom stereocenters. The molecule has 1 aromatic heterocycles. The molecular formula is C47H73N3O6. The SMILES string of the molecule is COCCNCCN(CCC12CCC3C(CCC4C3(C)CCC3C(C)(C)C(OC(=O)CC(C)(C)C(=O)O)CCC34C)C1=C(C(C)C)C(=O)C2)Cc1ccccn1. The largest absolute Gasteiger partial charge is 0.481 e. The van der Waals surface area contributed by atoms with Crippen LogP contribution in [0.5, 0.6) is 0 Å². The van der Waals surface area contributed by atoms with Gasteiger partial charge in [-0.15, -0.1) is 0 Å². The van der Waals surface area contributed by atoms with Gasteiger partial charge in [-0.2, -0.15) is 0 Å². The molecule has 0 amide bonds. The van der Waals surface area contributed by atoms with E-state index in [1.165, 1.54) is 12.8 Å². The number of ketones is 1. The summed E-state index contributed by atoms with van der Waals surface area (Å²) >= 11 is 0. The first kappa shape index (κ1) is 43.0. The normalized spacial score (nSPS) is 33.8. The molecule has 0 spiro atoms. The van der Waals surface area contributed by atoms with Crippen molar-refractivity contribution in [2.45, 2.75) is 139 Å². The maximum absolute atomic E-state index is 14.2. The molecule has 0 aliphatic heterocycles. The Bertz CT molecular complexity index is 1620. The molecule has 0 saturated heterocycles. The highest BCUT2D eigenvalue weighted by atomic mass is 16.5. The molecule has 0 radical (unpaired) electrons. The molecule has 9 nitrogen and oxygen atoms in total. The zero-order valence-electron chi connectivity index (χ0n) is 36.2. The number of hydrogen-bond donors (Lipinski definition) is 2. The van der Waals surface area contributed by atoms with Crippen molar-refractivity contribution in [2.75, 3.05) is 39.9 Å². The monoisotopic (exact) mass is 776 g/mol. The first-order chi connectivity index (χ1) is 26.4. The highest BCUT2D eigenvalue weighted by Crippen LogP contribution is 2.73. The van der Waals surface area contributed by atoms with E-state index >= 15 is 0 Å². The second-order valence-electron chi connectivity index (χ2n) is 20.6. The second kappa shape index (κ2) is 16.6. The van der Waals surface area contributed by atoms with Gasteiger partial charge in [-0.3, -0.25) is 24.3 Å². The van der Waals surface area contributed by atoms with Crippen molar-refractivity contribution in [3.63, 3.8) is 0 Å². The number of carboxylic acids is 1. The minimum Gasteiger partial charge on any atom is -0.481 e. The molecule has 6 rings (SSSR count). The Labute approximate surface area is 337 Å². The summed E-state index contributed by atoms with van der Waals surface area (Å²) in [4.78, 5) is 46.3. The van der Waals surface area contributed by atoms with Crippen LogP contribution in [0, 0.1) is 56.7 Å². The lowest BCUT2D eigenvalue weighted by Crippen LogP contribution is -2.63. The summed E-state index contributed by atoms with van der Waals surface area (Å²) in [6, 6.07) is 6.17. The molecule has 56 heavy (non-hydrogen) atoms. The van der Waals surface area contributed by atoms with Gasteiger partial charge in [-0.25, -0.2) is 0 Å². The lowest BCUT2D eigenvalue weighted by atomic mass is 9.36. The Balaban J connectivity index is 1.22. The van der Waals surface area contributed by atoms with Crippen molar-refractivity contribution < 1.29 is 29.0 Å². The molecule has 1 aromatic rings. The number of carbonyl (C=O) groups is 3. The number of aliphatic carboxylic acids is 1. The molecule has 0 aromatic carbocycles. The Hall–Kier alpha value is -2.62. The minimum atomic E-state index is -1.15. The molecule has 4 saturated carbocycles. The first-order valence-corrected chi connectivity index (χ1v) is 21.9. The number of fused-ring (bicyclic) bond motifs is 7. The van der Waals surface area contributed by atoms with Crippen LogP contribution in [-0.2, 0) is 30.4 Å². The molecule has 5 aliphatic carbocycles. The highest BCUT2D eigenvalue weighted by Gasteiger charge is 2.66. The molecule has 312 valence electrons. The average Bonchev–Trinajstić information content (AvgIpc) is 3.44. The summed E-state index contributed by atoms with van der Waals surface area (Å²) in [6.45, 7) is 22.5. The number of rotatable bonds is 16. The van der Waals surface area contributed by atoms with Crippen molar-refractivity contribution >= 4 is 17.7 Å². The van der Waals surface area contributed by atoms with Gasteiger partial charge in [0.2, 0.25) is 0 Å². The summed E-state index contributed by atoms with van der Waals surface area (Å²) in [7, 11) is 1.74. The number of pyridine rings is 1. The number of carbonyl (C=O) groups excluding carboxylic acids is 2. The van der Waals surface area contributed by atoms with Crippen molar-refractivity contribution in [1.29, 1.82) is 0 Å². The van der Waals surface area contributed by atoms with Crippen LogP contribution in [0.3, 0.4) is 0 Å². The lowest BCUT2D eigenvalue weighted by Gasteiger charge is -2.69. The van der Waals surface area contributed by atoms with Gasteiger partial charge in [0, 0.05) is 56.7 Å². The van der Waals surface area contributed by atoms with Crippen molar-refractivity contribution in [2.24, 2.45) is 56.7 Å². The predicted octanol–water partition coefficient (Wildman–Crippen LogP) is 8.51. The molecule has 4 fully saturated rings. The lowest BCUT2D eigenvalue weighted by molar-refractivity contribution is -0.214. The van der Waals surface area contributed by atoms with Gasteiger partial charge < -0.3 is 19.9 Å². The summed E-state index contributed by atoms with van der Waals surface area (Å²) < 4.78 is 11.5. The fraction of sp³-hybridized carbons (Fsp3) is 0.787. The molecule has 8 atom stereocenters. The smallest absolute Gasteiger partial charge is 0.309 e. The van der Waals surface area contributed by atoms with Gasteiger partial charge in [0.1, 0.15) is 6.10 Å². The van der Waals surface area contributed by atoms with Crippen LogP contribution in [0.25, 0.3) is 0 Å². The third-order valence-electron chi connectivity index (χ3n) is 16.2. The van der Waals surface area contributed by atoms with Crippen molar-refractivity contribution in [3.8, 4) is 0 Å². The van der Waals surface area contributed by atoms with E-state index in [4.69, 9.17) is 9.47 Å². The number of nitrogens with zero attached hydrogens (tertiary/aromatic N) is 2. The number of ether oxygens (including phenoxy) is 2. The van der Waals surface area contributed by atoms with E-state index in [2.05, 4.69) is 68.9 Å². The number of hydrogen-bond acceptors (Lipinski definition) is 8. The summed E-state index contributed by atoms with van der Waals surface area (Å²) in [5, 5.41) is 13.2. The standard InChI is InChI=1S/C47H73N3O6/c1-31(2)40-35(51)28-47(21-25-50(26-23-48-24-27-55-9)30-32-12-10-11-22-49-32)20-15-34-33(41(40)47)13-14-37-45(34,7)18-16-36-44(5,6)38(17-19-46(36,37)8)56-39(52)29-43(3,4)42(53)54/h10-12,22,31,33-34,36-38,48H,13-21,23-30H2,1-9H3,(H,53,54). The van der Waals surface area contributed by atoms with E-state index in [1.54, 1.807) is 26.5 Å². The quantitative estimate of drug-likeness (QED) is 0.126. The van der Waals surface area contributed by atoms with E-state index < -0.39 is 17.4 Å². The van der Waals surface area contributed by atoms with Crippen LogP contribution >= 0.6 is 0 Å². The van der Waals surface area contributed by atoms with Gasteiger partial charge in [-0.05, 0) is 136 Å². The topological polar surface area (TPSA) is 118 Å². The van der Waals surface area contributed by atoms with E-state index in [9.17, 15) is 19.5 Å². The van der Waals surface area contributed by atoms with Crippen LogP contribution in [-0.4, -0.2) is 78.7 Å². The average molecular weight is 776 g/mol. The zero-order chi connectivity index (χ0) is 40.7. The van der Waals surface area contributed by atoms with Gasteiger partial charge in [0.05, 0.1) is 24.1 Å².